The van der Waals surface area contributed by atoms with E-state index in [-0.39, 0.29) is 10.8 Å². The fourth-order valence-corrected chi connectivity index (χ4v) is 4.92. The Hall–Kier alpha value is -3.65. The Morgan fingerprint density at radius 3 is 2.03 bits per heavy atom. The molecule has 0 aliphatic rings. The molecule has 2 N–H and O–H groups in total. The first kappa shape index (κ1) is 24.0. The Bertz CT molecular complexity index is 1290. The molecule has 0 saturated heterocycles. The third kappa shape index (κ3) is 5.98. The molecule has 0 saturated carbocycles. The summed E-state index contributed by atoms with van der Waals surface area (Å²) in [4.78, 5) is 24.3. The van der Waals surface area contributed by atoms with Crippen molar-refractivity contribution in [2.75, 3.05) is 21.5 Å². The third-order valence-electron chi connectivity index (χ3n) is 4.98. The van der Waals surface area contributed by atoms with Gasteiger partial charge in [0.1, 0.15) is 6.54 Å². The number of carbonyl (C=O) groups excluding carboxylic acids is 2. The van der Waals surface area contributed by atoms with Crippen LogP contribution in [0.4, 0.5) is 17.1 Å². The zero-order valence-corrected chi connectivity index (χ0v) is 19.9. The Morgan fingerprint density at radius 2 is 1.42 bits per heavy atom. The highest BCUT2D eigenvalue weighted by Crippen LogP contribution is 2.28. The van der Waals surface area contributed by atoms with Crippen molar-refractivity contribution in [1.82, 2.24) is 0 Å². The van der Waals surface area contributed by atoms with E-state index in [9.17, 15) is 18.0 Å². The highest BCUT2D eigenvalue weighted by molar-refractivity contribution is 7.92. The Balaban J connectivity index is 1.94. The summed E-state index contributed by atoms with van der Waals surface area (Å²) >= 11 is 0. The zero-order valence-electron chi connectivity index (χ0n) is 19.0. The molecule has 0 radical (unpaired) electrons. The molecule has 0 spiro atoms. The number of nitrogens with zero attached hydrogens (tertiary/aromatic N) is 1. The molecule has 3 rings (SSSR count). The van der Waals surface area contributed by atoms with E-state index in [1.54, 1.807) is 42.5 Å². The maximum absolute atomic E-state index is 13.5. The molecule has 7 nitrogen and oxygen atoms in total. The van der Waals surface area contributed by atoms with E-state index in [1.807, 2.05) is 32.9 Å². The summed E-state index contributed by atoms with van der Waals surface area (Å²) < 4.78 is 28.2. The van der Waals surface area contributed by atoms with Gasteiger partial charge in [-0.15, -0.1) is 0 Å². The number of rotatable bonds is 7. The van der Waals surface area contributed by atoms with Crippen LogP contribution in [-0.2, 0) is 19.6 Å². The largest absolute Gasteiger partial charge is 0.326 e. The molecule has 0 aliphatic carbocycles. The summed E-state index contributed by atoms with van der Waals surface area (Å²) in [6.07, 6.45) is 0. The van der Waals surface area contributed by atoms with Crippen LogP contribution in [0.3, 0.4) is 0 Å². The topological polar surface area (TPSA) is 95.6 Å². The van der Waals surface area contributed by atoms with Crippen LogP contribution >= 0.6 is 0 Å². The van der Waals surface area contributed by atoms with Crippen molar-refractivity contribution in [2.45, 2.75) is 32.6 Å². The van der Waals surface area contributed by atoms with E-state index in [0.717, 1.165) is 21.0 Å². The number of anilines is 3. The molecule has 33 heavy (non-hydrogen) atoms. The van der Waals surface area contributed by atoms with E-state index < -0.39 is 22.5 Å². The molecular formula is C25H27N3O4S. The second kappa shape index (κ2) is 9.87. The Labute approximate surface area is 194 Å². The Kier molecular flexibility index (Phi) is 7.18. The molecule has 3 aromatic rings. The van der Waals surface area contributed by atoms with E-state index in [2.05, 4.69) is 10.6 Å². The molecule has 0 atom stereocenters. The highest BCUT2D eigenvalue weighted by Gasteiger charge is 2.28. The van der Waals surface area contributed by atoms with Crippen molar-refractivity contribution in [2.24, 2.45) is 0 Å². The van der Waals surface area contributed by atoms with E-state index in [0.29, 0.717) is 17.1 Å². The molecule has 3 aromatic carbocycles. The number of hydrogen-bond donors (Lipinski definition) is 2. The monoisotopic (exact) mass is 465 g/mol. The molecule has 172 valence electrons. The van der Waals surface area contributed by atoms with Crippen LogP contribution in [-0.4, -0.2) is 26.8 Å². The molecular weight excluding hydrogens is 438 g/mol. The van der Waals surface area contributed by atoms with Crippen LogP contribution < -0.4 is 14.9 Å². The van der Waals surface area contributed by atoms with Crippen molar-refractivity contribution in [3.8, 4) is 0 Å². The zero-order chi connectivity index (χ0) is 24.2. The maximum atomic E-state index is 13.5. The van der Waals surface area contributed by atoms with Gasteiger partial charge in [0, 0.05) is 18.3 Å². The summed E-state index contributed by atoms with van der Waals surface area (Å²) in [5, 5.41) is 5.37. The first-order valence-corrected chi connectivity index (χ1v) is 11.8. The predicted molar refractivity (Wildman–Crippen MR) is 131 cm³/mol. The van der Waals surface area contributed by atoms with Gasteiger partial charge in [-0.2, -0.15) is 0 Å². The number of nitrogens with one attached hydrogen (secondary N) is 2. The molecule has 0 aliphatic heterocycles. The van der Waals surface area contributed by atoms with Crippen molar-refractivity contribution >= 4 is 38.9 Å². The number of benzene rings is 3. The first-order chi connectivity index (χ1) is 15.6. The minimum Gasteiger partial charge on any atom is -0.326 e. The van der Waals surface area contributed by atoms with Gasteiger partial charge >= 0.3 is 0 Å². The van der Waals surface area contributed by atoms with Gasteiger partial charge in [0.05, 0.1) is 10.6 Å². The van der Waals surface area contributed by atoms with Gasteiger partial charge in [0.2, 0.25) is 11.8 Å². The quantitative estimate of drug-likeness (QED) is 0.540. The second-order valence-electron chi connectivity index (χ2n) is 7.92. The maximum Gasteiger partial charge on any atom is 0.264 e. The molecule has 0 heterocycles. The SMILES string of the molecule is CC(=O)Nc1cccc(NC(=O)CN(c2ccc(C)cc2C)S(=O)(=O)c2ccc(C)cc2)c1. The van der Waals surface area contributed by atoms with Gasteiger partial charge in [0.25, 0.3) is 10.0 Å². The van der Waals surface area contributed by atoms with Gasteiger partial charge in [-0.25, -0.2) is 8.42 Å². The lowest BCUT2D eigenvalue weighted by Crippen LogP contribution is -2.38. The minimum atomic E-state index is -4.00. The summed E-state index contributed by atoms with van der Waals surface area (Å²) in [6.45, 7) is 6.59. The average Bonchev–Trinajstić information content (AvgIpc) is 2.72. The van der Waals surface area contributed by atoms with Gasteiger partial charge in [-0.3, -0.25) is 13.9 Å². The molecule has 0 unspecified atom stereocenters. The van der Waals surface area contributed by atoms with Gasteiger partial charge in [-0.1, -0.05) is 41.5 Å². The van der Waals surface area contributed by atoms with Crippen molar-refractivity contribution < 1.29 is 18.0 Å². The van der Waals surface area contributed by atoms with Crippen LogP contribution in [0.25, 0.3) is 0 Å². The average molecular weight is 466 g/mol. The number of amides is 2. The summed E-state index contributed by atoms with van der Waals surface area (Å²) in [7, 11) is -4.00. The normalized spacial score (nSPS) is 11.0. The molecule has 0 fully saturated rings. The van der Waals surface area contributed by atoms with E-state index in [4.69, 9.17) is 0 Å². The summed E-state index contributed by atoms with van der Waals surface area (Å²) in [6, 6.07) is 18.6. The number of sulfonamides is 1. The molecule has 0 bridgehead atoms. The summed E-state index contributed by atoms with van der Waals surface area (Å²) in [5.74, 6) is -0.741. The third-order valence-corrected chi connectivity index (χ3v) is 6.76. The van der Waals surface area contributed by atoms with Crippen LogP contribution in [0.1, 0.15) is 23.6 Å². The first-order valence-electron chi connectivity index (χ1n) is 10.4. The van der Waals surface area contributed by atoms with Crippen LogP contribution in [0.5, 0.6) is 0 Å². The van der Waals surface area contributed by atoms with Gasteiger partial charge < -0.3 is 10.6 Å². The van der Waals surface area contributed by atoms with Crippen molar-refractivity contribution in [3.05, 3.63) is 83.4 Å². The molecule has 2 amide bonds. The fourth-order valence-electron chi connectivity index (χ4n) is 3.43. The standard InChI is InChI=1S/C25H27N3O4S/c1-17-8-11-23(12-9-17)33(31,32)28(24-13-10-18(2)14-19(24)3)16-25(30)27-22-7-5-6-21(15-22)26-20(4)29/h5-15H,16H2,1-4H3,(H,26,29)(H,27,30). The van der Waals surface area contributed by atoms with Crippen LogP contribution in [0.15, 0.2) is 71.6 Å². The number of aryl methyl sites for hydroxylation is 3. The molecule has 0 aromatic heterocycles. The summed E-state index contributed by atoms with van der Waals surface area (Å²) in [5.41, 5.74) is 4.07. The van der Waals surface area contributed by atoms with Gasteiger partial charge in [0.15, 0.2) is 0 Å². The minimum absolute atomic E-state index is 0.105. The predicted octanol–water partition coefficient (Wildman–Crippen LogP) is 4.40. The fraction of sp³-hybridized carbons (Fsp3) is 0.200. The Morgan fingerprint density at radius 1 is 0.818 bits per heavy atom. The van der Waals surface area contributed by atoms with Gasteiger partial charge in [-0.05, 0) is 62.7 Å². The second-order valence-corrected chi connectivity index (χ2v) is 9.79. The van der Waals surface area contributed by atoms with Crippen molar-refractivity contribution in [3.63, 3.8) is 0 Å². The molecule has 8 heteroatoms. The lowest BCUT2D eigenvalue weighted by atomic mass is 10.1. The van der Waals surface area contributed by atoms with Crippen LogP contribution in [0.2, 0.25) is 0 Å². The van der Waals surface area contributed by atoms with E-state index in [1.165, 1.54) is 19.1 Å². The number of hydrogen-bond acceptors (Lipinski definition) is 4. The number of carbonyl (C=O) groups is 2. The lowest BCUT2D eigenvalue weighted by Gasteiger charge is -2.26. The highest BCUT2D eigenvalue weighted by atomic mass is 32.2. The van der Waals surface area contributed by atoms with Crippen LogP contribution in [0, 0.1) is 20.8 Å². The van der Waals surface area contributed by atoms with E-state index >= 15 is 0 Å². The van der Waals surface area contributed by atoms with Crippen molar-refractivity contribution in [1.29, 1.82) is 0 Å². The lowest BCUT2D eigenvalue weighted by molar-refractivity contribution is -0.115. The smallest absolute Gasteiger partial charge is 0.264 e.